The van der Waals surface area contributed by atoms with E-state index in [-0.39, 0.29) is 6.04 Å². The van der Waals surface area contributed by atoms with Crippen LogP contribution in [0.2, 0.25) is 0 Å². The summed E-state index contributed by atoms with van der Waals surface area (Å²) in [4.78, 5) is 12.3. The second-order valence-corrected chi connectivity index (χ2v) is 9.94. The Morgan fingerprint density at radius 1 is 0.938 bits per heavy atom. The molecule has 3 aromatic rings. The monoisotopic (exact) mass is 449 g/mol. The fourth-order valence-corrected chi connectivity index (χ4v) is 4.58. The molecule has 4 nitrogen and oxygen atoms in total. The fourth-order valence-electron chi connectivity index (χ4n) is 3.59. The SMILES string of the molecule is CC(C)Sc1cc(-c2ccc(C[C@@H](C)NC[C@H](O)c3ccccc3)cc2)ccc1C(=O)O. The van der Waals surface area contributed by atoms with Crippen LogP contribution >= 0.6 is 11.8 Å². The van der Waals surface area contributed by atoms with Crippen LogP contribution in [0.5, 0.6) is 0 Å². The summed E-state index contributed by atoms with van der Waals surface area (Å²) in [6.45, 7) is 6.75. The molecule has 0 heterocycles. The molecule has 32 heavy (non-hydrogen) atoms. The van der Waals surface area contributed by atoms with Crippen LogP contribution in [-0.4, -0.2) is 34.0 Å². The Balaban J connectivity index is 1.62. The van der Waals surface area contributed by atoms with Gasteiger partial charge in [0.15, 0.2) is 0 Å². The number of carboxylic acid groups (broad SMARTS) is 1. The van der Waals surface area contributed by atoms with Gasteiger partial charge < -0.3 is 15.5 Å². The van der Waals surface area contributed by atoms with E-state index in [0.29, 0.717) is 17.4 Å². The number of carbonyl (C=O) groups is 1. The van der Waals surface area contributed by atoms with E-state index in [4.69, 9.17) is 0 Å². The highest BCUT2D eigenvalue weighted by molar-refractivity contribution is 8.00. The van der Waals surface area contributed by atoms with E-state index in [1.807, 2.05) is 42.5 Å². The maximum Gasteiger partial charge on any atom is 0.336 e. The molecule has 0 bridgehead atoms. The van der Waals surface area contributed by atoms with Crippen molar-refractivity contribution in [1.29, 1.82) is 0 Å². The molecule has 0 fully saturated rings. The predicted molar refractivity (Wildman–Crippen MR) is 132 cm³/mol. The molecular formula is C27H31NO3S. The maximum absolute atomic E-state index is 11.5. The zero-order chi connectivity index (χ0) is 23.1. The molecule has 0 spiro atoms. The first-order valence-corrected chi connectivity index (χ1v) is 11.8. The largest absolute Gasteiger partial charge is 0.478 e. The molecule has 3 N–H and O–H groups in total. The lowest BCUT2D eigenvalue weighted by molar-refractivity contribution is 0.0693. The normalized spacial score (nSPS) is 13.2. The summed E-state index contributed by atoms with van der Waals surface area (Å²) >= 11 is 1.57. The summed E-state index contributed by atoms with van der Waals surface area (Å²) in [5.74, 6) is -0.895. The molecule has 0 saturated heterocycles. The lowest BCUT2D eigenvalue weighted by Crippen LogP contribution is -2.32. The Kier molecular flexibility index (Phi) is 8.51. The van der Waals surface area contributed by atoms with Crippen molar-refractivity contribution in [3.8, 4) is 11.1 Å². The quantitative estimate of drug-likeness (QED) is 0.341. The third kappa shape index (κ3) is 6.70. The average Bonchev–Trinajstić information content (AvgIpc) is 2.78. The van der Waals surface area contributed by atoms with Gasteiger partial charge >= 0.3 is 5.97 Å². The van der Waals surface area contributed by atoms with Crippen molar-refractivity contribution < 1.29 is 15.0 Å². The van der Waals surface area contributed by atoms with Crippen LogP contribution in [0.15, 0.2) is 77.7 Å². The number of nitrogens with one attached hydrogen (secondary N) is 1. The van der Waals surface area contributed by atoms with Gasteiger partial charge in [-0.05, 0) is 47.7 Å². The maximum atomic E-state index is 11.5. The molecule has 0 aliphatic heterocycles. The molecule has 168 valence electrons. The number of hydrogen-bond donors (Lipinski definition) is 3. The first kappa shape index (κ1) is 24.1. The number of carboxylic acids is 1. The first-order chi connectivity index (χ1) is 15.3. The zero-order valence-corrected chi connectivity index (χ0v) is 19.6. The number of thioether (sulfide) groups is 1. The zero-order valence-electron chi connectivity index (χ0n) is 18.8. The van der Waals surface area contributed by atoms with E-state index in [0.717, 1.165) is 28.0 Å². The van der Waals surface area contributed by atoms with Gasteiger partial charge in [0.2, 0.25) is 0 Å². The Labute approximate surface area is 194 Å². The van der Waals surface area contributed by atoms with Crippen LogP contribution in [0.1, 0.15) is 48.4 Å². The fraction of sp³-hybridized carbons (Fsp3) is 0.296. The molecule has 0 aliphatic carbocycles. The molecule has 0 saturated carbocycles. The van der Waals surface area contributed by atoms with Gasteiger partial charge in [0.05, 0.1) is 11.7 Å². The lowest BCUT2D eigenvalue weighted by Gasteiger charge is -2.18. The molecule has 5 heteroatoms. The minimum absolute atomic E-state index is 0.225. The third-order valence-electron chi connectivity index (χ3n) is 5.25. The van der Waals surface area contributed by atoms with Crippen molar-refractivity contribution in [3.63, 3.8) is 0 Å². The van der Waals surface area contributed by atoms with E-state index in [1.165, 1.54) is 5.56 Å². The van der Waals surface area contributed by atoms with Gasteiger partial charge in [-0.15, -0.1) is 11.8 Å². The van der Waals surface area contributed by atoms with Crippen molar-refractivity contribution >= 4 is 17.7 Å². The molecule has 0 amide bonds. The number of rotatable bonds is 10. The van der Waals surface area contributed by atoms with Gasteiger partial charge in [-0.2, -0.15) is 0 Å². The molecule has 0 radical (unpaired) electrons. The van der Waals surface area contributed by atoms with Gasteiger partial charge in [0, 0.05) is 22.7 Å². The van der Waals surface area contributed by atoms with Crippen molar-refractivity contribution in [2.24, 2.45) is 0 Å². The van der Waals surface area contributed by atoms with E-state index in [9.17, 15) is 15.0 Å². The van der Waals surface area contributed by atoms with Gasteiger partial charge in [-0.1, -0.05) is 74.5 Å². The van der Waals surface area contributed by atoms with E-state index >= 15 is 0 Å². The van der Waals surface area contributed by atoms with Crippen molar-refractivity contribution in [3.05, 3.63) is 89.5 Å². The Bertz CT molecular complexity index is 1020. The van der Waals surface area contributed by atoms with Crippen LogP contribution < -0.4 is 5.32 Å². The molecule has 0 aromatic heterocycles. The smallest absolute Gasteiger partial charge is 0.336 e. The summed E-state index contributed by atoms with van der Waals surface area (Å²) in [6.07, 6.45) is 0.335. The second kappa shape index (κ2) is 11.3. The third-order valence-corrected chi connectivity index (χ3v) is 6.31. The predicted octanol–water partition coefficient (Wildman–Crippen LogP) is 5.81. The Morgan fingerprint density at radius 2 is 1.59 bits per heavy atom. The van der Waals surface area contributed by atoms with Gasteiger partial charge in [0.25, 0.3) is 0 Å². The second-order valence-electron chi connectivity index (χ2n) is 8.32. The highest BCUT2D eigenvalue weighted by Crippen LogP contribution is 2.31. The van der Waals surface area contributed by atoms with E-state index in [1.54, 1.807) is 17.8 Å². The van der Waals surface area contributed by atoms with Crippen molar-refractivity contribution in [2.45, 2.75) is 49.5 Å². The number of hydrogen-bond acceptors (Lipinski definition) is 4. The molecular weight excluding hydrogens is 418 g/mol. The van der Waals surface area contributed by atoms with Gasteiger partial charge in [-0.25, -0.2) is 4.79 Å². The van der Waals surface area contributed by atoms with Crippen LogP contribution in [0, 0.1) is 0 Å². The average molecular weight is 450 g/mol. The van der Waals surface area contributed by atoms with Crippen LogP contribution in [-0.2, 0) is 6.42 Å². The van der Waals surface area contributed by atoms with Crippen LogP contribution in [0.4, 0.5) is 0 Å². The van der Waals surface area contributed by atoms with Crippen LogP contribution in [0.25, 0.3) is 11.1 Å². The highest BCUT2D eigenvalue weighted by Gasteiger charge is 2.14. The highest BCUT2D eigenvalue weighted by atomic mass is 32.2. The van der Waals surface area contributed by atoms with Gasteiger partial charge in [0.1, 0.15) is 0 Å². The summed E-state index contributed by atoms with van der Waals surface area (Å²) in [6, 6.07) is 23.8. The summed E-state index contributed by atoms with van der Waals surface area (Å²) in [5.41, 5.74) is 4.56. The van der Waals surface area contributed by atoms with Crippen molar-refractivity contribution in [2.75, 3.05) is 6.54 Å². The number of aromatic carboxylic acids is 1. The molecule has 0 aliphatic rings. The topological polar surface area (TPSA) is 69.6 Å². The summed E-state index contributed by atoms with van der Waals surface area (Å²) in [5, 5.41) is 23.5. The Hall–Kier alpha value is -2.60. The molecule has 3 aromatic carbocycles. The molecule has 2 atom stereocenters. The Morgan fingerprint density at radius 3 is 2.22 bits per heavy atom. The summed E-state index contributed by atoms with van der Waals surface area (Å²) in [7, 11) is 0. The lowest BCUT2D eigenvalue weighted by atomic mass is 10.00. The van der Waals surface area contributed by atoms with Crippen molar-refractivity contribution in [1.82, 2.24) is 5.32 Å². The number of benzene rings is 3. The number of aliphatic hydroxyl groups excluding tert-OH is 1. The number of aliphatic hydroxyl groups is 1. The van der Waals surface area contributed by atoms with Crippen LogP contribution in [0.3, 0.4) is 0 Å². The minimum Gasteiger partial charge on any atom is -0.478 e. The minimum atomic E-state index is -0.895. The molecule has 0 unspecified atom stereocenters. The molecule has 3 rings (SSSR count). The van der Waals surface area contributed by atoms with Gasteiger partial charge in [-0.3, -0.25) is 0 Å². The standard InChI is InChI=1S/C27H31NO3S/c1-18(2)32-26-16-23(13-14-24(26)27(30)31)21-11-9-20(10-12-21)15-19(3)28-17-25(29)22-7-5-4-6-8-22/h4-14,16,18-19,25,28-29H,15,17H2,1-3H3,(H,30,31)/t19-,25+/m1/s1. The van der Waals surface area contributed by atoms with E-state index < -0.39 is 12.1 Å². The van der Waals surface area contributed by atoms with E-state index in [2.05, 4.69) is 50.4 Å². The first-order valence-electron chi connectivity index (χ1n) is 10.9. The summed E-state index contributed by atoms with van der Waals surface area (Å²) < 4.78 is 0.